The van der Waals surface area contributed by atoms with Gasteiger partial charge in [0.05, 0.1) is 31.2 Å². The molecule has 422 valence electrons. The summed E-state index contributed by atoms with van der Waals surface area (Å²) in [5.74, 6) is -10.7. The maximum atomic E-state index is 14.6. The molecule has 15 atom stereocenters. The standard InChI is InChI=1S/C55H86N4O16/c1-32-18-14-13-15-19-33(2)43(59(70)54(67)56(8)9)30-40-23-21-38(7)55(68,74-40)50(63)51(64)58-25-17-16-20-42(58)53(66)73-45(35(4)28-39-22-24-41(46(29-39)71-11)52(65)75-57(10)69)31-44(60)34(3)27-37(6)48(62)49(72-12)47(61)36(5)26-32/h13-15,18-19,27,32,34-36,38-43,45-46,48-49,62,68-70H,16-17,20-26,28-31H2,1-12H3/b15-13+,18-14+,33-19+,37-27+/t32-,34-,35-,36-,38-,39+,40+,41-,42+,43-,45+,46-,48-,49+,55-/m1/s1. The summed E-state index contributed by atoms with van der Waals surface area (Å²) in [7, 11) is 6.96. The van der Waals surface area contributed by atoms with Gasteiger partial charge in [-0.05, 0) is 112 Å². The first-order valence-corrected chi connectivity index (χ1v) is 26.6. The predicted octanol–water partition coefficient (Wildman–Crippen LogP) is 5.94. The molecule has 2 saturated heterocycles. The zero-order valence-corrected chi connectivity index (χ0v) is 46.2. The lowest BCUT2D eigenvalue weighted by Crippen LogP contribution is -2.61. The van der Waals surface area contributed by atoms with Crippen molar-refractivity contribution in [2.75, 3.05) is 41.9 Å². The number of carbonyl (C=O) groups is 7. The average Bonchev–Trinajstić information content (AvgIpc) is 3.36. The third kappa shape index (κ3) is 16.7. The van der Waals surface area contributed by atoms with Crippen LogP contribution in [-0.2, 0) is 52.6 Å². The summed E-state index contributed by atoms with van der Waals surface area (Å²) < 4.78 is 23.7. The first-order chi connectivity index (χ1) is 35.2. The normalized spacial score (nSPS) is 36.5. The van der Waals surface area contributed by atoms with E-state index in [1.165, 1.54) is 40.3 Å². The fourth-order valence-corrected chi connectivity index (χ4v) is 11.0. The van der Waals surface area contributed by atoms with Crippen molar-refractivity contribution in [3.8, 4) is 0 Å². The van der Waals surface area contributed by atoms with Crippen molar-refractivity contribution >= 4 is 41.2 Å². The minimum atomic E-state index is -2.63. The van der Waals surface area contributed by atoms with Crippen LogP contribution >= 0.6 is 0 Å². The number of aliphatic hydroxyl groups excluding tert-OH is 1. The number of hydrogen-bond acceptors (Lipinski definition) is 17. The van der Waals surface area contributed by atoms with Crippen molar-refractivity contribution in [3.63, 3.8) is 0 Å². The number of hydroxylamine groups is 4. The predicted molar refractivity (Wildman–Crippen MR) is 274 cm³/mol. The molecule has 0 aromatic rings. The van der Waals surface area contributed by atoms with Crippen LogP contribution in [0.3, 0.4) is 0 Å². The van der Waals surface area contributed by atoms with Crippen LogP contribution in [0.25, 0.3) is 0 Å². The first kappa shape index (κ1) is 62.9. The van der Waals surface area contributed by atoms with E-state index in [4.69, 9.17) is 23.8 Å². The number of rotatable bonds is 8. The van der Waals surface area contributed by atoms with Crippen LogP contribution in [0.15, 0.2) is 47.6 Å². The number of fused-ring (bicyclic) bond motifs is 3. The number of allylic oxidation sites excluding steroid dienone is 6. The van der Waals surface area contributed by atoms with E-state index in [0.717, 1.165) is 4.90 Å². The fraction of sp³-hybridized carbons (Fsp3) is 0.727. The third-order valence-corrected chi connectivity index (χ3v) is 15.7. The van der Waals surface area contributed by atoms with Crippen LogP contribution in [0, 0.1) is 41.4 Å². The highest BCUT2D eigenvalue weighted by Gasteiger charge is 2.53. The third-order valence-electron chi connectivity index (χ3n) is 15.7. The van der Waals surface area contributed by atoms with Crippen LogP contribution in [0.2, 0.25) is 0 Å². The maximum Gasteiger partial charge on any atom is 0.343 e. The van der Waals surface area contributed by atoms with Gasteiger partial charge in [-0.1, -0.05) is 71.1 Å². The summed E-state index contributed by atoms with van der Waals surface area (Å²) in [4.78, 5) is 105. The summed E-state index contributed by atoms with van der Waals surface area (Å²) in [5, 5.41) is 45.4. The Morgan fingerprint density at radius 3 is 2.21 bits per heavy atom. The lowest BCUT2D eigenvalue weighted by atomic mass is 9.75. The van der Waals surface area contributed by atoms with E-state index >= 15 is 0 Å². The van der Waals surface area contributed by atoms with E-state index in [-0.39, 0.29) is 55.6 Å². The zero-order chi connectivity index (χ0) is 56.1. The van der Waals surface area contributed by atoms with Gasteiger partial charge in [-0.15, -0.1) is 0 Å². The molecule has 3 amide bonds. The van der Waals surface area contributed by atoms with E-state index in [0.29, 0.717) is 72.8 Å². The second-order valence-electron chi connectivity index (χ2n) is 21.8. The molecule has 4 aliphatic rings. The van der Waals surface area contributed by atoms with Crippen LogP contribution in [-0.4, -0.2) is 172 Å². The number of aliphatic hydroxyl groups is 2. The topological polar surface area (TPSA) is 260 Å². The Hall–Kier alpha value is -4.67. The Bertz CT molecular complexity index is 2120. The highest BCUT2D eigenvalue weighted by atomic mass is 16.9. The van der Waals surface area contributed by atoms with Gasteiger partial charge in [0, 0.05) is 65.5 Å². The first-order valence-electron chi connectivity index (χ1n) is 26.6. The Morgan fingerprint density at radius 2 is 1.57 bits per heavy atom. The molecule has 0 aromatic carbocycles. The molecule has 1 aliphatic carbocycles. The van der Waals surface area contributed by atoms with Crippen LogP contribution in [0.5, 0.6) is 0 Å². The molecular formula is C55H86N4O16. The van der Waals surface area contributed by atoms with Gasteiger partial charge in [-0.2, -0.15) is 5.06 Å². The number of amides is 3. The Labute approximate surface area is 442 Å². The number of ketones is 3. The fourth-order valence-electron chi connectivity index (χ4n) is 11.0. The highest BCUT2D eigenvalue weighted by Crippen LogP contribution is 2.39. The van der Waals surface area contributed by atoms with E-state index in [9.17, 15) is 54.2 Å². The summed E-state index contributed by atoms with van der Waals surface area (Å²) in [6.07, 6.45) is 8.81. The number of hydrogen-bond donors (Lipinski definition) is 4. The number of esters is 1. The quantitative estimate of drug-likeness (QED) is 0.0721. The molecular weight excluding hydrogens is 973 g/mol. The molecule has 3 aliphatic heterocycles. The molecule has 2 bridgehead atoms. The van der Waals surface area contributed by atoms with Gasteiger partial charge in [-0.3, -0.25) is 29.6 Å². The molecule has 0 unspecified atom stereocenters. The summed E-state index contributed by atoms with van der Waals surface area (Å²) >= 11 is 0. The molecule has 1 saturated carbocycles. The van der Waals surface area contributed by atoms with Crippen LogP contribution in [0.1, 0.15) is 126 Å². The van der Waals surface area contributed by atoms with Gasteiger partial charge in [0.1, 0.15) is 30.1 Å². The maximum absolute atomic E-state index is 14.6. The molecule has 75 heavy (non-hydrogen) atoms. The molecule has 3 fully saturated rings. The molecule has 0 radical (unpaired) electrons. The van der Waals surface area contributed by atoms with Gasteiger partial charge in [0.25, 0.3) is 11.7 Å². The molecule has 4 rings (SSSR count). The second kappa shape index (κ2) is 28.6. The van der Waals surface area contributed by atoms with Crippen molar-refractivity contribution in [2.24, 2.45) is 41.4 Å². The van der Waals surface area contributed by atoms with Gasteiger partial charge in [0.15, 0.2) is 5.78 Å². The van der Waals surface area contributed by atoms with Crippen molar-refractivity contribution in [1.82, 2.24) is 20.1 Å². The summed E-state index contributed by atoms with van der Waals surface area (Å²) in [6, 6.07) is -2.98. The number of urea groups is 1. The second-order valence-corrected chi connectivity index (χ2v) is 21.8. The smallest absolute Gasteiger partial charge is 0.343 e. The monoisotopic (exact) mass is 1060 g/mol. The Morgan fingerprint density at radius 1 is 0.880 bits per heavy atom. The number of carbonyl (C=O) groups excluding carboxylic acids is 7. The van der Waals surface area contributed by atoms with E-state index in [2.05, 4.69) is 0 Å². The molecule has 4 N–H and O–H groups in total. The average molecular weight is 1060 g/mol. The van der Waals surface area contributed by atoms with Gasteiger partial charge in [-0.25, -0.2) is 14.4 Å². The minimum absolute atomic E-state index is 0.0134. The van der Waals surface area contributed by atoms with Gasteiger partial charge < -0.3 is 43.8 Å². The number of nitrogens with zero attached hydrogens (tertiary/aromatic N) is 4. The lowest BCUT2D eigenvalue weighted by Gasteiger charge is -2.43. The molecule has 3 heterocycles. The van der Waals surface area contributed by atoms with Crippen LogP contribution < -0.4 is 0 Å². The number of piperidine rings is 1. The molecule has 0 aromatic heterocycles. The van der Waals surface area contributed by atoms with Crippen molar-refractivity contribution in [2.45, 2.75) is 174 Å². The summed E-state index contributed by atoms with van der Waals surface area (Å²) in [5.41, 5.74) is 0.862. The lowest BCUT2D eigenvalue weighted by molar-refractivity contribution is -0.306. The highest BCUT2D eigenvalue weighted by molar-refractivity contribution is 6.39. The number of ether oxygens (including phenoxy) is 4. The number of methoxy groups -OCH3 is 2. The molecule has 0 spiro atoms. The van der Waals surface area contributed by atoms with Gasteiger partial charge in [0.2, 0.25) is 5.79 Å². The number of cyclic esters (lactones) is 1. The molecule has 20 heteroatoms. The SMILES string of the molecule is CO[C@@H]1C[C@H](C[C@@H](C)[C@@H]2CC(=O)[C@H](C)/C=C(\C)[C@@H](O)[C@@H](OC)C(=O)[C@H](C)C[C@H](C)/C=C/C=C/C=C(\C)[C@H](N(O)C(=O)N(C)C)C[C@@H]3CC[C@@H](C)[C@@](O)(O3)C(=O)C(=O)N3CCCC[C@H]3C(=O)O2)CC[C@H]1C(=O)ON(C)O. The van der Waals surface area contributed by atoms with Gasteiger partial charge >= 0.3 is 18.0 Å². The van der Waals surface area contributed by atoms with Crippen molar-refractivity contribution in [3.05, 3.63) is 47.6 Å². The van der Waals surface area contributed by atoms with E-state index < -0.39 is 108 Å². The largest absolute Gasteiger partial charge is 0.460 e. The Balaban J connectivity index is 1.75. The van der Waals surface area contributed by atoms with Crippen molar-refractivity contribution in [1.29, 1.82) is 0 Å². The minimum Gasteiger partial charge on any atom is -0.460 e. The van der Waals surface area contributed by atoms with Crippen LogP contribution in [0.4, 0.5) is 4.79 Å². The van der Waals surface area contributed by atoms with Crippen molar-refractivity contribution < 1.29 is 78.0 Å². The number of Topliss-reactive ketones (excluding diaryl/α,β-unsaturated/α-hetero) is 3. The van der Waals surface area contributed by atoms with E-state index in [1.54, 1.807) is 65.0 Å². The summed E-state index contributed by atoms with van der Waals surface area (Å²) in [6.45, 7) is 12.1. The van der Waals surface area contributed by atoms with E-state index in [1.807, 2.05) is 19.9 Å². The molecule has 20 nitrogen and oxygen atoms in total. The Kier molecular flexibility index (Phi) is 24.0. The zero-order valence-electron chi connectivity index (χ0n) is 46.2.